The SMILES string of the molecule is Cc1ccccc1C(=O)NCc1ccc(-c2nn(C3CC(C)(C)OC3(C)C)c(N)c2C(N)=O)cc1.Cc1ccccc1C(=O)NCc1ccc(-c2nn(C3CCOC(C)C3)c(N)c2C(N)=O)cc1.Cc1ccccc1C(=O)NCc1ccc(-c2nn(C3CCOC3)c(N)c2C(N)=O)cc1. The number of ether oxygens (including phenoxy) is 3. The minimum atomic E-state index is -0.630. The number of aromatic nitrogens is 6. The molecule has 15 N–H and O–H groups in total. The summed E-state index contributed by atoms with van der Waals surface area (Å²) in [7, 11) is 0. The van der Waals surface area contributed by atoms with Crippen molar-refractivity contribution < 1.29 is 43.0 Å². The number of nitrogens with zero attached hydrogens (tertiary/aromatic N) is 6. The van der Waals surface area contributed by atoms with E-state index in [4.69, 9.17) is 53.7 Å². The zero-order valence-corrected chi connectivity index (χ0v) is 57.1. The first-order chi connectivity index (χ1) is 47.2. The summed E-state index contributed by atoms with van der Waals surface area (Å²) in [6, 6.07) is 44.7. The first-order valence-corrected chi connectivity index (χ1v) is 32.9. The Kier molecular flexibility index (Phi) is 21.6. The molecule has 3 fully saturated rings. The molecule has 6 aromatic carbocycles. The second-order valence-corrected chi connectivity index (χ2v) is 26.4. The zero-order chi connectivity index (χ0) is 71.0. The highest BCUT2D eigenvalue weighted by molar-refractivity contribution is 6.05. The summed E-state index contributed by atoms with van der Waals surface area (Å²) in [4.78, 5) is 74.0. The van der Waals surface area contributed by atoms with E-state index in [1.54, 1.807) is 32.2 Å². The molecule has 12 rings (SSSR count). The van der Waals surface area contributed by atoms with Crippen molar-refractivity contribution in [2.24, 2.45) is 17.2 Å². The van der Waals surface area contributed by atoms with E-state index in [1.165, 1.54) is 0 Å². The number of aryl methyl sites for hydroxylation is 3. The average molecular weight is 1340 g/mol. The molecule has 516 valence electrons. The van der Waals surface area contributed by atoms with Crippen LogP contribution in [0.4, 0.5) is 17.5 Å². The highest BCUT2D eigenvalue weighted by Crippen LogP contribution is 2.47. The zero-order valence-electron chi connectivity index (χ0n) is 57.1. The largest absolute Gasteiger partial charge is 0.383 e. The van der Waals surface area contributed by atoms with Crippen molar-refractivity contribution in [3.63, 3.8) is 0 Å². The maximum Gasteiger partial charge on any atom is 0.254 e. The molecule has 0 bridgehead atoms. The number of anilines is 3. The summed E-state index contributed by atoms with van der Waals surface area (Å²) in [5, 5.41) is 22.8. The van der Waals surface area contributed by atoms with Gasteiger partial charge in [-0.15, -0.1) is 0 Å². The Balaban J connectivity index is 0.000000161. The Labute approximate surface area is 575 Å². The van der Waals surface area contributed by atoms with Crippen LogP contribution in [0, 0.1) is 20.8 Å². The van der Waals surface area contributed by atoms with Crippen molar-refractivity contribution in [2.75, 3.05) is 37.0 Å². The highest BCUT2D eigenvalue weighted by Gasteiger charge is 2.48. The second-order valence-electron chi connectivity index (χ2n) is 26.4. The third-order valence-corrected chi connectivity index (χ3v) is 18.2. The van der Waals surface area contributed by atoms with Crippen LogP contribution in [0.25, 0.3) is 33.8 Å². The van der Waals surface area contributed by atoms with Crippen LogP contribution in [-0.2, 0) is 33.8 Å². The van der Waals surface area contributed by atoms with E-state index in [-0.39, 0.29) is 81.7 Å². The van der Waals surface area contributed by atoms with E-state index >= 15 is 0 Å². The molecule has 0 aliphatic carbocycles. The number of nitrogens with two attached hydrogens (primary N) is 6. The summed E-state index contributed by atoms with van der Waals surface area (Å²) in [5.41, 5.74) is 46.7. The van der Waals surface area contributed by atoms with Crippen molar-refractivity contribution in [3.05, 3.63) is 212 Å². The van der Waals surface area contributed by atoms with Gasteiger partial charge < -0.3 is 64.6 Å². The Morgan fingerprint density at radius 2 is 0.828 bits per heavy atom. The van der Waals surface area contributed by atoms with Gasteiger partial charge in [-0.3, -0.25) is 28.8 Å². The summed E-state index contributed by atoms with van der Waals surface area (Å²) in [5.74, 6) is -1.45. The van der Waals surface area contributed by atoms with Gasteiger partial charge in [0.05, 0.1) is 42.0 Å². The monoisotopic (exact) mass is 1340 g/mol. The summed E-state index contributed by atoms with van der Waals surface area (Å²) >= 11 is 0. The van der Waals surface area contributed by atoms with Gasteiger partial charge in [0.15, 0.2) is 0 Å². The first kappa shape index (κ1) is 70.8. The number of nitrogens with one attached hydrogen (secondary N) is 3. The topological polar surface area (TPSA) is 376 Å². The van der Waals surface area contributed by atoms with Gasteiger partial charge in [-0.05, 0) is 126 Å². The van der Waals surface area contributed by atoms with E-state index in [9.17, 15) is 28.8 Å². The molecule has 3 aromatic heterocycles. The molecule has 0 spiro atoms. The third-order valence-electron chi connectivity index (χ3n) is 18.2. The quantitative estimate of drug-likeness (QED) is 0.0386. The van der Waals surface area contributed by atoms with Gasteiger partial charge >= 0.3 is 0 Å². The van der Waals surface area contributed by atoms with Gasteiger partial charge in [-0.1, -0.05) is 127 Å². The molecular formula is C75H87N15O9. The van der Waals surface area contributed by atoms with Crippen molar-refractivity contribution in [1.82, 2.24) is 45.3 Å². The lowest BCUT2D eigenvalue weighted by Crippen LogP contribution is -2.32. The van der Waals surface area contributed by atoms with Crippen LogP contribution >= 0.6 is 0 Å². The van der Waals surface area contributed by atoms with Crippen LogP contribution in [0.1, 0.15) is 174 Å². The molecule has 6 heterocycles. The normalized spacial score (nSPS) is 17.5. The van der Waals surface area contributed by atoms with Crippen molar-refractivity contribution in [3.8, 4) is 33.8 Å². The number of carbonyl (C=O) groups is 6. The second kappa shape index (κ2) is 30.2. The minimum Gasteiger partial charge on any atom is -0.383 e. The molecule has 3 saturated heterocycles. The number of benzene rings is 6. The van der Waals surface area contributed by atoms with Gasteiger partial charge in [0, 0.05) is 72.6 Å². The summed E-state index contributed by atoms with van der Waals surface area (Å²) in [6.45, 7) is 18.7. The molecule has 4 unspecified atom stereocenters. The van der Waals surface area contributed by atoms with E-state index < -0.39 is 23.3 Å². The van der Waals surface area contributed by atoms with Crippen molar-refractivity contribution in [1.29, 1.82) is 0 Å². The molecule has 99 heavy (non-hydrogen) atoms. The number of hydrogen-bond acceptors (Lipinski definition) is 15. The van der Waals surface area contributed by atoms with Gasteiger partial charge in [-0.25, -0.2) is 14.0 Å². The van der Waals surface area contributed by atoms with Gasteiger partial charge in [0.2, 0.25) is 0 Å². The molecule has 3 aliphatic rings. The van der Waals surface area contributed by atoms with Crippen LogP contribution in [0.5, 0.6) is 0 Å². The molecule has 24 heteroatoms. The van der Waals surface area contributed by atoms with E-state index in [2.05, 4.69) is 26.1 Å². The first-order valence-electron chi connectivity index (χ1n) is 32.9. The predicted molar refractivity (Wildman–Crippen MR) is 380 cm³/mol. The molecule has 0 saturated carbocycles. The predicted octanol–water partition coefficient (Wildman–Crippen LogP) is 9.63. The lowest BCUT2D eigenvalue weighted by molar-refractivity contribution is -0.0736. The smallest absolute Gasteiger partial charge is 0.254 e. The van der Waals surface area contributed by atoms with Crippen LogP contribution in [-0.4, -0.2) is 102 Å². The lowest BCUT2D eigenvalue weighted by atomic mass is 9.94. The molecule has 24 nitrogen and oxygen atoms in total. The third kappa shape index (κ3) is 16.2. The summed E-state index contributed by atoms with van der Waals surface area (Å²) < 4.78 is 22.3. The van der Waals surface area contributed by atoms with Crippen LogP contribution < -0.4 is 50.4 Å². The number of primary amides is 3. The van der Waals surface area contributed by atoms with Crippen molar-refractivity contribution in [2.45, 2.75) is 136 Å². The van der Waals surface area contributed by atoms with Gasteiger partial charge in [0.1, 0.15) is 51.2 Å². The number of nitrogen functional groups attached to an aromatic ring is 3. The Morgan fingerprint density at radius 1 is 0.485 bits per heavy atom. The van der Waals surface area contributed by atoms with Crippen LogP contribution in [0.2, 0.25) is 0 Å². The number of rotatable bonds is 18. The fourth-order valence-electron chi connectivity index (χ4n) is 13.0. The molecular weight excluding hydrogens is 1250 g/mol. The van der Waals surface area contributed by atoms with Crippen LogP contribution in [0.15, 0.2) is 146 Å². The molecule has 9 aromatic rings. The van der Waals surface area contributed by atoms with Crippen molar-refractivity contribution >= 4 is 52.9 Å². The number of carbonyl (C=O) groups excluding carboxylic acids is 6. The standard InChI is InChI=1S/C27H33N5O3.C25H29N5O3.C23H25N5O3/c1-16-8-6-7-9-19(16)25(34)30-15-17-10-12-18(13-11-17)22-21(24(29)33)23(28)32(31-22)20-14-26(2,3)35-27(20,4)5;1-15-5-3-4-6-20(15)25(32)28-14-17-7-9-18(10-8-17)22-21(24(27)31)23(26)30(29-22)19-11-12-33-16(2)13-19;1-14-4-2-3-5-18(14)23(30)26-12-15-6-8-16(9-7-15)20-19(22(25)29)21(24)28(27-20)17-10-11-31-13-17/h6-13,20H,14-15,28H2,1-5H3,(H2,29,33)(H,30,34);3-10,16,19H,11-14,26H2,1-2H3,(H2,27,31)(H,28,32);2-9,17H,10-13,24H2,1H3,(H2,25,29)(H,26,30). The fourth-order valence-corrected chi connectivity index (χ4v) is 13.0. The van der Waals surface area contributed by atoms with E-state index in [1.807, 2.05) is 183 Å². The van der Waals surface area contributed by atoms with Crippen LogP contribution in [0.3, 0.4) is 0 Å². The highest BCUT2D eigenvalue weighted by atomic mass is 16.5. The minimum absolute atomic E-state index is 0.0113. The molecule has 3 aliphatic heterocycles. The molecule has 6 amide bonds. The maximum atomic E-state index is 12.5. The Morgan fingerprint density at radius 3 is 1.15 bits per heavy atom. The van der Waals surface area contributed by atoms with Gasteiger partial charge in [0.25, 0.3) is 35.4 Å². The van der Waals surface area contributed by atoms with E-state index in [0.29, 0.717) is 85.2 Å². The Bertz CT molecular complexity index is 4450. The molecule has 4 atom stereocenters. The average Bonchev–Trinajstić information content (AvgIpc) is 1.60. The number of hydrogen-bond donors (Lipinski definition) is 9. The molecule has 0 radical (unpaired) electrons. The lowest BCUT2D eigenvalue weighted by Gasteiger charge is -2.28. The van der Waals surface area contributed by atoms with E-state index in [0.717, 1.165) is 63.8 Å². The fraction of sp³-hybridized carbons (Fsp3) is 0.320. The Hall–Kier alpha value is -11.0. The number of amides is 6. The summed E-state index contributed by atoms with van der Waals surface area (Å²) in [6.07, 6.45) is 3.12. The van der Waals surface area contributed by atoms with Gasteiger partial charge in [-0.2, -0.15) is 15.3 Å². The maximum absolute atomic E-state index is 12.5.